The van der Waals surface area contributed by atoms with Gasteiger partial charge in [-0.05, 0) is 35.9 Å². The number of allylic oxidation sites excluding steroid dienone is 1. The van der Waals surface area contributed by atoms with Gasteiger partial charge in [0.05, 0.1) is 0 Å². The number of fused-ring (bicyclic) bond motifs is 3. The van der Waals surface area contributed by atoms with E-state index in [1.54, 1.807) is 13.0 Å². The first kappa shape index (κ1) is 10.8. The van der Waals surface area contributed by atoms with Gasteiger partial charge < -0.3 is 4.98 Å². The number of carbonyl (C=O) groups is 1. The molecule has 3 rings (SSSR count). The molecule has 0 fully saturated rings. The number of hydrogen-bond acceptors (Lipinski definition) is 1. The third kappa shape index (κ3) is 1.72. The van der Waals surface area contributed by atoms with Crippen LogP contribution in [-0.4, -0.2) is 10.8 Å². The topological polar surface area (TPSA) is 32.9 Å². The Labute approximate surface area is 105 Å². The fourth-order valence-electron chi connectivity index (χ4n) is 2.27. The maximum Gasteiger partial charge on any atom is 0.152 e. The highest BCUT2D eigenvalue weighted by molar-refractivity contribution is 6.11. The van der Waals surface area contributed by atoms with E-state index in [4.69, 9.17) is 0 Å². The molecule has 0 aliphatic carbocycles. The zero-order valence-electron chi connectivity index (χ0n) is 10.1. The standard InChI is InChI=1S/C16H13NO/c1-11(18)6-7-13-10-17-15-9-8-12-4-2-3-5-14(12)16(13)15/h2-10,17H,1H3/b7-6+. The summed E-state index contributed by atoms with van der Waals surface area (Å²) in [5.74, 6) is 0.0598. The summed E-state index contributed by atoms with van der Waals surface area (Å²) in [4.78, 5) is 14.3. The Kier molecular flexibility index (Phi) is 2.49. The second-order valence-corrected chi connectivity index (χ2v) is 4.40. The van der Waals surface area contributed by atoms with Gasteiger partial charge in [0, 0.05) is 22.7 Å². The van der Waals surface area contributed by atoms with Gasteiger partial charge in [-0.2, -0.15) is 0 Å². The minimum Gasteiger partial charge on any atom is -0.361 e. The highest BCUT2D eigenvalue weighted by atomic mass is 16.1. The van der Waals surface area contributed by atoms with Crippen LogP contribution in [0.2, 0.25) is 0 Å². The van der Waals surface area contributed by atoms with Crippen molar-refractivity contribution in [1.82, 2.24) is 4.98 Å². The Morgan fingerprint density at radius 1 is 1.17 bits per heavy atom. The molecule has 0 amide bonds. The van der Waals surface area contributed by atoms with Gasteiger partial charge in [0.25, 0.3) is 0 Å². The van der Waals surface area contributed by atoms with Crippen molar-refractivity contribution in [1.29, 1.82) is 0 Å². The molecule has 0 atom stereocenters. The monoisotopic (exact) mass is 235 g/mol. The first-order chi connectivity index (χ1) is 8.75. The van der Waals surface area contributed by atoms with Gasteiger partial charge in [-0.1, -0.05) is 30.3 Å². The van der Waals surface area contributed by atoms with E-state index in [0.717, 1.165) is 11.1 Å². The van der Waals surface area contributed by atoms with E-state index in [0.29, 0.717) is 0 Å². The Balaban J connectivity index is 2.33. The molecule has 0 aliphatic heterocycles. The van der Waals surface area contributed by atoms with Crippen LogP contribution in [0.4, 0.5) is 0 Å². The van der Waals surface area contributed by atoms with E-state index >= 15 is 0 Å². The summed E-state index contributed by atoms with van der Waals surface area (Å²) >= 11 is 0. The van der Waals surface area contributed by atoms with E-state index in [1.165, 1.54) is 16.2 Å². The highest BCUT2D eigenvalue weighted by Crippen LogP contribution is 2.28. The average Bonchev–Trinajstić information content (AvgIpc) is 2.80. The van der Waals surface area contributed by atoms with E-state index in [1.807, 2.05) is 24.4 Å². The van der Waals surface area contributed by atoms with Gasteiger partial charge in [0.2, 0.25) is 0 Å². The Bertz CT molecular complexity index is 765. The molecule has 88 valence electrons. The molecule has 2 heteroatoms. The minimum absolute atomic E-state index is 0.0598. The number of aromatic amines is 1. The van der Waals surface area contributed by atoms with Crippen LogP contribution in [0.1, 0.15) is 12.5 Å². The lowest BCUT2D eigenvalue weighted by atomic mass is 10.0. The predicted molar refractivity (Wildman–Crippen MR) is 75.5 cm³/mol. The smallest absolute Gasteiger partial charge is 0.152 e. The molecule has 0 spiro atoms. The first-order valence-electron chi connectivity index (χ1n) is 5.93. The molecule has 0 radical (unpaired) electrons. The Morgan fingerprint density at radius 3 is 2.83 bits per heavy atom. The van der Waals surface area contributed by atoms with Crippen LogP contribution in [-0.2, 0) is 4.79 Å². The molecule has 2 nitrogen and oxygen atoms in total. The van der Waals surface area contributed by atoms with Gasteiger partial charge in [0.1, 0.15) is 0 Å². The van der Waals surface area contributed by atoms with Crippen molar-refractivity contribution >= 4 is 33.5 Å². The maximum atomic E-state index is 11.0. The number of rotatable bonds is 2. The van der Waals surface area contributed by atoms with Gasteiger partial charge in [-0.25, -0.2) is 0 Å². The summed E-state index contributed by atoms with van der Waals surface area (Å²) in [6.07, 6.45) is 5.41. The number of benzene rings is 2. The van der Waals surface area contributed by atoms with E-state index in [-0.39, 0.29) is 5.78 Å². The molecule has 0 saturated carbocycles. The third-order valence-electron chi connectivity index (χ3n) is 3.10. The van der Waals surface area contributed by atoms with Crippen molar-refractivity contribution in [2.75, 3.05) is 0 Å². The number of nitrogens with one attached hydrogen (secondary N) is 1. The third-order valence-corrected chi connectivity index (χ3v) is 3.10. The zero-order valence-corrected chi connectivity index (χ0v) is 10.1. The van der Waals surface area contributed by atoms with Gasteiger partial charge in [0.15, 0.2) is 5.78 Å². The summed E-state index contributed by atoms with van der Waals surface area (Å²) in [5.41, 5.74) is 2.15. The van der Waals surface area contributed by atoms with Crippen LogP contribution in [0, 0.1) is 0 Å². The normalized spacial score (nSPS) is 11.6. The summed E-state index contributed by atoms with van der Waals surface area (Å²) in [7, 11) is 0. The minimum atomic E-state index is 0.0598. The van der Waals surface area contributed by atoms with Gasteiger partial charge in [-0.3, -0.25) is 4.79 Å². The number of hydrogen-bond donors (Lipinski definition) is 1. The molecule has 18 heavy (non-hydrogen) atoms. The molecule has 1 aromatic heterocycles. The number of H-pyrrole nitrogens is 1. The van der Waals surface area contributed by atoms with Crippen molar-refractivity contribution in [3.8, 4) is 0 Å². The Hall–Kier alpha value is -2.35. The van der Waals surface area contributed by atoms with Crippen LogP contribution in [0.15, 0.2) is 48.7 Å². The van der Waals surface area contributed by atoms with Crippen LogP contribution in [0.3, 0.4) is 0 Å². The van der Waals surface area contributed by atoms with Gasteiger partial charge in [-0.15, -0.1) is 0 Å². The quantitative estimate of drug-likeness (QED) is 0.671. The largest absolute Gasteiger partial charge is 0.361 e. The van der Waals surface area contributed by atoms with Crippen molar-refractivity contribution in [3.63, 3.8) is 0 Å². The molecular formula is C16H13NO. The molecule has 0 unspecified atom stereocenters. The summed E-state index contributed by atoms with van der Waals surface area (Å²) in [6.45, 7) is 1.56. The van der Waals surface area contributed by atoms with Crippen LogP contribution >= 0.6 is 0 Å². The van der Waals surface area contributed by atoms with Crippen LogP contribution in [0.5, 0.6) is 0 Å². The Morgan fingerprint density at radius 2 is 2.00 bits per heavy atom. The molecular weight excluding hydrogens is 222 g/mol. The molecule has 0 bridgehead atoms. The summed E-state index contributed by atoms with van der Waals surface area (Å²) in [6, 6.07) is 12.4. The molecule has 3 aromatic rings. The molecule has 0 aliphatic rings. The fourth-order valence-corrected chi connectivity index (χ4v) is 2.27. The summed E-state index contributed by atoms with van der Waals surface area (Å²) < 4.78 is 0. The highest BCUT2D eigenvalue weighted by Gasteiger charge is 2.05. The molecule has 1 N–H and O–H groups in total. The van der Waals surface area contributed by atoms with Crippen LogP contribution in [0.25, 0.3) is 27.8 Å². The van der Waals surface area contributed by atoms with Gasteiger partial charge >= 0.3 is 0 Å². The average molecular weight is 235 g/mol. The lowest BCUT2D eigenvalue weighted by Crippen LogP contribution is -1.80. The second-order valence-electron chi connectivity index (χ2n) is 4.40. The van der Waals surface area contributed by atoms with Crippen molar-refractivity contribution in [3.05, 3.63) is 54.2 Å². The molecule has 0 saturated heterocycles. The lowest BCUT2D eigenvalue weighted by molar-refractivity contribution is -0.112. The SMILES string of the molecule is CC(=O)/C=C/c1c[nH]c2ccc3ccccc3c12. The molecule has 1 heterocycles. The predicted octanol–water partition coefficient (Wildman–Crippen LogP) is 3.92. The fraction of sp³-hybridized carbons (Fsp3) is 0.0625. The van der Waals surface area contributed by atoms with E-state index < -0.39 is 0 Å². The molecule has 2 aromatic carbocycles. The van der Waals surface area contributed by atoms with Crippen LogP contribution < -0.4 is 0 Å². The van der Waals surface area contributed by atoms with E-state index in [2.05, 4.69) is 29.2 Å². The van der Waals surface area contributed by atoms with Crippen molar-refractivity contribution < 1.29 is 4.79 Å². The maximum absolute atomic E-state index is 11.0. The summed E-state index contributed by atoms with van der Waals surface area (Å²) in [5, 5.41) is 3.59. The second kappa shape index (κ2) is 4.15. The van der Waals surface area contributed by atoms with Crippen molar-refractivity contribution in [2.24, 2.45) is 0 Å². The zero-order chi connectivity index (χ0) is 12.5. The first-order valence-corrected chi connectivity index (χ1v) is 5.93. The number of aromatic nitrogens is 1. The number of carbonyl (C=O) groups excluding carboxylic acids is 1. The lowest BCUT2D eigenvalue weighted by Gasteiger charge is -2.00. The van der Waals surface area contributed by atoms with Crippen molar-refractivity contribution in [2.45, 2.75) is 6.92 Å². The number of ketones is 1. The van der Waals surface area contributed by atoms with E-state index in [9.17, 15) is 4.79 Å².